The van der Waals surface area contributed by atoms with Crippen LogP contribution in [0, 0.1) is 5.82 Å². The lowest BCUT2D eigenvalue weighted by atomic mass is 10.2. The molecule has 158 valence electrons. The molecule has 3 aromatic carbocycles. The van der Waals surface area contributed by atoms with E-state index in [0.29, 0.717) is 29.3 Å². The molecule has 1 aromatic heterocycles. The standard InChI is InChI=1S/C23H19FN2O4S/c24-18-11-13-19(14-12-18)29-16-15-21-25-22(17-7-3-1-4-8-17)23(30-21)26-31(27,28)20-9-5-2-6-10-20/h1-14,26H,15-16H2. The van der Waals surface area contributed by atoms with Crippen LogP contribution in [0.2, 0.25) is 0 Å². The van der Waals surface area contributed by atoms with Crippen molar-refractivity contribution >= 4 is 15.9 Å². The van der Waals surface area contributed by atoms with Crippen LogP contribution in [-0.2, 0) is 16.4 Å². The molecule has 0 saturated carbocycles. The summed E-state index contributed by atoms with van der Waals surface area (Å²) in [6.45, 7) is 0.227. The molecule has 8 heteroatoms. The Bertz CT molecular complexity index is 1240. The fourth-order valence-corrected chi connectivity index (χ4v) is 3.92. The van der Waals surface area contributed by atoms with Crippen molar-refractivity contribution in [2.24, 2.45) is 0 Å². The van der Waals surface area contributed by atoms with Gasteiger partial charge < -0.3 is 9.15 Å². The Morgan fingerprint density at radius 1 is 0.903 bits per heavy atom. The molecule has 0 unspecified atom stereocenters. The number of nitrogens with zero attached hydrogens (tertiary/aromatic N) is 1. The number of nitrogens with one attached hydrogen (secondary N) is 1. The van der Waals surface area contributed by atoms with Crippen molar-refractivity contribution in [2.75, 3.05) is 11.3 Å². The molecule has 4 rings (SSSR count). The minimum atomic E-state index is -3.85. The Labute approximate surface area is 179 Å². The molecule has 0 aliphatic rings. The van der Waals surface area contributed by atoms with E-state index in [1.165, 1.54) is 36.4 Å². The first-order valence-electron chi connectivity index (χ1n) is 9.53. The first-order valence-corrected chi connectivity index (χ1v) is 11.0. The van der Waals surface area contributed by atoms with Crippen LogP contribution < -0.4 is 9.46 Å². The number of hydrogen-bond acceptors (Lipinski definition) is 5. The first kappa shape index (κ1) is 20.6. The highest BCUT2D eigenvalue weighted by Gasteiger charge is 2.22. The van der Waals surface area contributed by atoms with Crippen molar-refractivity contribution in [3.8, 4) is 17.0 Å². The van der Waals surface area contributed by atoms with E-state index in [2.05, 4.69) is 9.71 Å². The molecule has 31 heavy (non-hydrogen) atoms. The number of ether oxygens (including phenoxy) is 1. The summed E-state index contributed by atoms with van der Waals surface area (Å²) in [5.74, 6) is 0.516. The van der Waals surface area contributed by atoms with Gasteiger partial charge in [0.05, 0.1) is 17.9 Å². The van der Waals surface area contributed by atoms with Gasteiger partial charge in [0, 0.05) is 5.56 Å². The highest BCUT2D eigenvalue weighted by atomic mass is 32.2. The smallest absolute Gasteiger partial charge is 0.264 e. The number of sulfonamides is 1. The third kappa shape index (κ3) is 5.10. The van der Waals surface area contributed by atoms with Crippen molar-refractivity contribution < 1.29 is 22.0 Å². The predicted molar refractivity (Wildman–Crippen MR) is 115 cm³/mol. The highest BCUT2D eigenvalue weighted by Crippen LogP contribution is 2.30. The third-order valence-electron chi connectivity index (χ3n) is 4.40. The van der Waals surface area contributed by atoms with Gasteiger partial charge in [-0.1, -0.05) is 48.5 Å². The zero-order chi connectivity index (χ0) is 21.7. The van der Waals surface area contributed by atoms with Crippen LogP contribution in [0.3, 0.4) is 0 Å². The maximum absolute atomic E-state index is 13.0. The molecule has 0 saturated heterocycles. The number of rotatable bonds is 8. The Hall–Kier alpha value is -3.65. The monoisotopic (exact) mass is 438 g/mol. The molecule has 1 heterocycles. The molecule has 0 radical (unpaired) electrons. The minimum Gasteiger partial charge on any atom is -0.493 e. The van der Waals surface area contributed by atoms with Crippen LogP contribution >= 0.6 is 0 Å². The molecule has 6 nitrogen and oxygen atoms in total. The van der Waals surface area contributed by atoms with E-state index in [-0.39, 0.29) is 23.2 Å². The molecule has 0 aliphatic carbocycles. The van der Waals surface area contributed by atoms with Gasteiger partial charge in [-0.3, -0.25) is 0 Å². The van der Waals surface area contributed by atoms with E-state index < -0.39 is 10.0 Å². The number of oxazole rings is 1. The summed E-state index contributed by atoms with van der Waals surface area (Å²) in [6.07, 6.45) is 0.296. The van der Waals surface area contributed by atoms with E-state index in [0.717, 1.165) is 0 Å². The first-order chi connectivity index (χ1) is 15.0. The summed E-state index contributed by atoms with van der Waals surface area (Å²) in [5, 5.41) is 0. The van der Waals surface area contributed by atoms with Crippen LogP contribution in [0.1, 0.15) is 5.89 Å². The summed E-state index contributed by atoms with van der Waals surface area (Å²) in [5.41, 5.74) is 1.10. The van der Waals surface area contributed by atoms with E-state index in [4.69, 9.17) is 9.15 Å². The normalized spacial score (nSPS) is 11.3. The molecular weight excluding hydrogens is 419 g/mol. The number of halogens is 1. The number of hydrogen-bond donors (Lipinski definition) is 1. The van der Waals surface area contributed by atoms with Gasteiger partial charge >= 0.3 is 0 Å². The van der Waals surface area contributed by atoms with Crippen molar-refractivity contribution in [3.05, 3.63) is 96.6 Å². The molecule has 0 fully saturated rings. The van der Waals surface area contributed by atoms with Gasteiger partial charge in [0.15, 0.2) is 0 Å². The molecule has 4 aromatic rings. The lowest BCUT2D eigenvalue weighted by molar-refractivity contribution is 0.307. The molecular formula is C23H19FN2O4S. The average Bonchev–Trinajstić information content (AvgIpc) is 3.18. The van der Waals surface area contributed by atoms with E-state index in [9.17, 15) is 12.8 Å². The predicted octanol–water partition coefficient (Wildman–Crippen LogP) is 4.90. The molecule has 1 N–H and O–H groups in total. The summed E-state index contributed by atoms with van der Waals surface area (Å²) in [7, 11) is -3.85. The Balaban J connectivity index is 1.56. The lowest BCUT2D eigenvalue weighted by Crippen LogP contribution is -2.12. The van der Waals surface area contributed by atoms with Gasteiger partial charge in [-0.15, -0.1) is 0 Å². The molecule has 0 amide bonds. The number of benzene rings is 3. The second-order valence-corrected chi connectivity index (χ2v) is 8.30. The van der Waals surface area contributed by atoms with Crippen LogP contribution in [0.25, 0.3) is 11.3 Å². The van der Waals surface area contributed by atoms with E-state index in [1.807, 2.05) is 30.3 Å². The van der Waals surface area contributed by atoms with E-state index in [1.54, 1.807) is 18.2 Å². The maximum atomic E-state index is 13.0. The van der Waals surface area contributed by atoms with Gasteiger partial charge in [-0.25, -0.2) is 22.5 Å². The fraction of sp³-hybridized carbons (Fsp3) is 0.0870. The van der Waals surface area contributed by atoms with Crippen LogP contribution in [0.15, 0.2) is 94.2 Å². The third-order valence-corrected chi connectivity index (χ3v) is 5.74. The summed E-state index contributed by atoms with van der Waals surface area (Å²) in [4.78, 5) is 4.59. The SMILES string of the molecule is O=S(=O)(Nc1oc(CCOc2ccc(F)cc2)nc1-c1ccccc1)c1ccccc1. The van der Waals surface area contributed by atoms with Crippen molar-refractivity contribution in [1.82, 2.24) is 4.98 Å². The zero-order valence-corrected chi connectivity index (χ0v) is 17.2. The topological polar surface area (TPSA) is 81.4 Å². The zero-order valence-electron chi connectivity index (χ0n) is 16.4. The number of anilines is 1. The summed E-state index contributed by atoms with van der Waals surface area (Å²) < 4.78 is 52.4. The van der Waals surface area contributed by atoms with Crippen LogP contribution in [0.5, 0.6) is 5.75 Å². The van der Waals surface area contributed by atoms with Crippen molar-refractivity contribution in [3.63, 3.8) is 0 Å². The second-order valence-electron chi connectivity index (χ2n) is 6.62. The largest absolute Gasteiger partial charge is 0.493 e. The Morgan fingerprint density at radius 3 is 2.23 bits per heavy atom. The van der Waals surface area contributed by atoms with Gasteiger partial charge in [0.1, 0.15) is 17.3 Å². The lowest BCUT2D eigenvalue weighted by Gasteiger charge is -2.07. The van der Waals surface area contributed by atoms with Gasteiger partial charge in [-0.05, 0) is 36.4 Å². The Morgan fingerprint density at radius 2 is 1.55 bits per heavy atom. The number of aromatic nitrogens is 1. The highest BCUT2D eigenvalue weighted by molar-refractivity contribution is 7.92. The van der Waals surface area contributed by atoms with Gasteiger partial charge in [-0.2, -0.15) is 0 Å². The minimum absolute atomic E-state index is 0.0341. The maximum Gasteiger partial charge on any atom is 0.264 e. The Kier molecular flexibility index (Phi) is 5.99. The summed E-state index contributed by atoms with van der Waals surface area (Å²) >= 11 is 0. The van der Waals surface area contributed by atoms with Gasteiger partial charge in [0.25, 0.3) is 10.0 Å². The quantitative estimate of drug-likeness (QED) is 0.423. The van der Waals surface area contributed by atoms with Crippen molar-refractivity contribution in [1.29, 1.82) is 0 Å². The van der Waals surface area contributed by atoms with Crippen LogP contribution in [-0.4, -0.2) is 20.0 Å². The van der Waals surface area contributed by atoms with E-state index >= 15 is 0 Å². The average molecular weight is 438 g/mol. The second kappa shape index (κ2) is 9.01. The van der Waals surface area contributed by atoms with Gasteiger partial charge in [0.2, 0.25) is 11.8 Å². The van der Waals surface area contributed by atoms with Crippen molar-refractivity contribution in [2.45, 2.75) is 11.3 Å². The fourth-order valence-electron chi connectivity index (χ4n) is 2.90. The summed E-state index contributed by atoms with van der Waals surface area (Å²) in [6, 6.07) is 22.8. The molecule has 0 spiro atoms. The van der Waals surface area contributed by atoms with Crippen LogP contribution in [0.4, 0.5) is 10.3 Å². The molecule has 0 atom stereocenters. The molecule has 0 bridgehead atoms. The molecule has 0 aliphatic heterocycles.